The summed E-state index contributed by atoms with van der Waals surface area (Å²) < 4.78 is 0. The Morgan fingerprint density at radius 1 is 1.00 bits per heavy atom. The second kappa shape index (κ2) is 5.32. The summed E-state index contributed by atoms with van der Waals surface area (Å²) >= 11 is 0. The van der Waals surface area contributed by atoms with Gasteiger partial charge in [0, 0.05) is 5.56 Å². The number of rotatable bonds is 3. The van der Waals surface area contributed by atoms with Crippen LogP contribution in [0.3, 0.4) is 0 Å². The van der Waals surface area contributed by atoms with Gasteiger partial charge in [-0.05, 0) is 19.1 Å². The maximum Gasteiger partial charge on any atom is 0.264 e. The number of amides is 1. The third-order valence-electron chi connectivity index (χ3n) is 3.45. The molecule has 1 atom stereocenters. The Labute approximate surface area is 122 Å². The van der Waals surface area contributed by atoms with Crippen LogP contribution in [0.5, 0.6) is 0 Å². The lowest BCUT2D eigenvalue weighted by Crippen LogP contribution is -2.32. The van der Waals surface area contributed by atoms with E-state index in [1.165, 1.54) is 5.01 Å². The third-order valence-corrected chi connectivity index (χ3v) is 3.45. The van der Waals surface area contributed by atoms with E-state index in [4.69, 9.17) is 0 Å². The minimum Gasteiger partial charge on any atom is -0.293 e. The standard InChI is InChI=1S/C17H14N2O2/c1-12-15(16(20)13-8-4-2-5-9-13)17(21)19(18-12)14-10-6-3-7-11-14/h2-11,15H,1H3/t15-/m0/s1. The zero-order valence-electron chi connectivity index (χ0n) is 11.6. The van der Waals surface area contributed by atoms with Gasteiger partial charge in [-0.1, -0.05) is 48.5 Å². The minimum atomic E-state index is -0.826. The molecule has 2 aromatic rings. The average Bonchev–Trinajstić information content (AvgIpc) is 2.83. The second-order valence-corrected chi connectivity index (χ2v) is 4.89. The summed E-state index contributed by atoms with van der Waals surface area (Å²) in [7, 11) is 0. The lowest BCUT2D eigenvalue weighted by molar-refractivity contribution is -0.118. The van der Waals surface area contributed by atoms with Gasteiger partial charge in [0.2, 0.25) is 0 Å². The second-order valence-electron chi connectivity index (χ2n) is 4.89. The molecule has 0 spiro atoms. The molecule has 0 radical (unpaired) electrons. The van der Waals surface area contributed by atoms with E-state index in [0.29, 0.717) is 17.0 Å². The minimum absolute atomic E-state index is 0.208. The first kappa shape index (κ1) is 13.2. The first-order valence-electron chi connectivity index (χ1n) is 6.72. The first-order chi connectivity index (χ1) is 10.2. The lowest BCUT2D eigenvalue weighted by Gasteiger charge is -2.13. The van der Waals surface area contributed by atoms with Gasteiger partial charge in [0.1, 0.15) is 5.92 Å². The van der Waals surface area contributed by atoms with Gasteiger partial charge in [-0.3, -0.25) is 9.59 Å². The van der Waals surface area contributed by atoms with Gasteiger partial charge in [-0.25, -0.2) is 0 Å². The van der Waals surface area contributed by atoms with E-state index in [-0.39, 0.29) is 11.7 Å². The fourth-order valence-corrected chi connectivity index (χ4v) is 2.39. The van der Waals surface area contributed by atoms with Gasteiger partial charge in [-0.15, -0.1) is 0 Å². The number of carbonyl (C=O) groups is 2. The molecular weight excluding hydrogens is 264 g/mol. The van der Waals surface area contributed by atoms with Crippen molar-refractivity contribution in [2.75, 3.05) is 5.01 Å². The number of para-hydroxylation sites is 1. The summed E-state index contributed by atoms with van der Waals surface area (Å²) in [4.78, 5) is 25.0. The molecule has 1 amide bonds. The van der Waals surface area contributed by atoms with E-state index in [9.17, 15) is 9.59 Å². The first-order valence-corrected chi connectivity index (χ1v) is 6.72. The number of benzene rings is 2. The van der Waals surface area contributed by atoms with E-state index in [1.807, 2.05) is 24.3 Å². The van der Waals surface area contributed by atoms with Crippen LogP contribution >= 0.6 is 0 Å². The van der Waals surface area contributed by atoms with E-state index in [0.717, 1.165) is 0 Å². The van der Waals surface area contributed by atoms with Crippen LogP contribution in [-0.4, -0.2) is 17.4 Å². The van der Waals surface area contributed by atoms with Crippen molar-refractivity contribution in [2.24, 2.45) is 11.0 Å². The average molecular weight is 278 g/mol. The molecule has 1 aliphatic rings. The number of anilines is 1. The highest BCUT2D eigenvalue weighted by Crippen LogP contribution is 2.25. The summed E-state index contributed by atoms with van der Waals surface area (Å²) in [6.07, 6.45) is 0. The van der Waals surface area contributed by atoms with E-state index < -0.39 is 5.92 Å². The molecule has 0 bridgehead atoms. The normalized spacial score (nSPS) is 17.8. The number of nitrogens with zero attached hydrogens (tertiary/aromatic N) is 2. The summed E-state index contributed by atoms with van der Waals surface area (Å²) in [6, 6.07) is 18.0. The number of Topliss-reactive ketones (excluding diaryl/α,β-unsaturated/α-hetero) is 1. The van der Waals surface area contributed by atoms with Gasteiger partial charge in [-0.2, -0.15) is 10.1 Å². The van der Waals surface area contributed by atoms with Crippen molar-refractivity contribution >= 4 is 23.1 Å². The Kier molecular flexibility index (Phi) is 3.36. The van der Waals surface area contributed by atoms with Crippen LogP contribution in [0.15, 0.2) is 65.8 Å². The number of hydrazone groups is 1. The van der Waals surface area contributed by atoms with Crippen LogP contribution in [0.1, 0.15) is 17.3 Å². The molecule has 21 heavy (non-hydrogen) atoms. The number of carbonyl (C=O) groups excluding carboxylic acids is 2. The molecule has 1 heterocycles. The van der Waals surface area contributed by atoms with Crippen molar-refractivity contribution in [1.82, 2.24) is 0 Å². The predicted octanol–water partition coefficient (Wildman–Crippen LogP) is 2.91. The molecule has 104 valence electrons. The Balaban J connectivity index is 1.91. The molecule has 0 saturated carbocycles. The summed E-state index contributed by atoms with van der Waals surface area (Å²) in [6.45, 7) is 1.71. The zero-order valence-corrected chi connectivity index (χ0v) is 11.6. The molecule has 0 aliphatic carbocycles. The topological polar surface area (TPSA) is 49.7 Å². The SMILES string of the molecule is CC1=NN(c2ccccc2)C(=O)[C@@H]1C(=O)c1ccccc1. The monoisotopic (exact) mass is 278 g/mol. The maximum absolute atomic E-state index is 12.5. The number of hydrogen-bond acceptors (Lipinski definition) is 3. The number of ketones is 1. The molecule has 0 saturated heterocycles. The fourth-order valence-electron chi connectivity index (χ4n) is 2.39. The van der Waals surface area contributed by atoms with E-state index >= 15 is 0 Å². The highest BCUT2D eigenvalue weighted by Gasteiger charge is 2.39. The van der Waals surface area contributed by atoms with Crippen molar-refractivity contribution in [3.8, 4) is 0 Å². The Morgan fingerprint density at radius 2 is 1.57 bits per heavy atom. The van der Waals surface area contributed by atoms with Gasteiger partial charge in [0.05, 0.1) is 11.4 Å². The fraction of sp³-hybridized carbons (Fsp3) is 0.118. The van der Waals surface area contributed by atoms with Crippen LogP contribution in [0.2, 0.25) is 0 Å². The van der Waals surface area contributed by atoms with E-state index in [2.05, 4.69) is 5.10 Å². The van der Waals surface area contributed by atoms with E-state index in [1.54, 1.807) is 43.3 Å². The molecule has 0 N–H and O–H groups in total. The Bertz CT molecular complexity index is 708. The van der Waals surface area contributed by atoms with Crippen molar-refractivity contribution in [1.29, 1.82) is 0 Å². The van der Waals surface area contributed by atoms with Crippen LogP contribution in [0.4, 0.5) is 5.69 Å². The quantitative estimate of drug-likeness (QED) is 0.640. The predicted molar refractivity (Wildman–Crippen MR) is 81.3 cm³/mol. The molecular formula is C17H14N2O2. The van der Waals surface area contributed by atoms with Crippen molar-refractivity contribution in [3.63, 3.8) is 0 Å². The third kappa shape index (κ3) is 2.36. The van der Waals surface area contributed by atoms with Crippen molar-refractivity contribution < 1.29 is 9.59 Å². The molecule has 3 rings (SSSR count). The molecule has 4 nitrogen and oxygen atoms in total. The largest absolute Gasteiger partial charge is 0.293 e. The van der Waals surface area contributed by atoms with Crippen molar-refractivity contribution in [2.45, 2.75) is 6.92 Å². The highest BCUT2D eigenvalue weighted by atomic mass is 16.2. The van der Waals surface area contributed by atoms with Crippen LogP contribution in [-0.2, 0) is 4.79 Å². The summed E-state index contributed by atoms with van der Waals surface area (Å²) in [5.74, 6) is -1.33. The molecule has 4 heteroatoms. The molecule has 0 unspecified atom stereocenters. The van der Waals surface area contributed by atoms with Gasteiger partial charge in [0.15, 0.2) is 5.78 Å². The molecule has 2 aromatic carbocycles. The Morgan fingerprint density at radius 3 is 2.19 bits per heavy atom. The number of hydrogen-bond donors (Lipinski definition) is 0. The van der Waals surface area contributed by atoms with Crippen molar-refractivity contribution in [3.05, 3.63) is 66.2 Å². The summed E-state index contributed by atoms with van der Waals surface area (Å²) in [5.41, 5.74) is 1.73. The smallest absolute Gasteiger partial charge is 0.264 e. The zero-order chi connectivity index (χ0) is 14.8. The molecule has 0 fully saturated rings. The molecule has 1 aliphatic heterocycles. The summed E-state index contributed by atoms with van der Waals surface area (Å²) in [5, 5.41) is 5.55. The van der Waals surface area contributed by atoms with Crippen LogP contribution in [0.25, 0.3) is 0 Å². The lowest BCUT2D eigenvalue weighted by atomic mass is 9.94. The Hall–Kier alpha value is -2.75. The van der Waals surface area contributed by atoms with Crippen LogP contribution in [0, 0.1) is 5.92 Å². The molecule has 0 aromatic heterocycles. The van der Waals surface area contributed by atoms with Gasteiger partial charge >= 0.3 is 0 Å². The van der Waals surface area contributed by atoms with Gasteiger partial charge < -0.3 is 0 Å². The highest BCUT2D eigenvalue weighted by molar-refractivity contribution is 6.30. The van der Waals surface area contributed by atoms with Gasteiger partial charge in [0.25, 0.3) is 5.91 Å². The van der Waals surface area contributed by atoms with Crippen LogP contribution < -0.4 is 5.01 Å². The maximum atomic E-state index is 12.5.